The number of ether oxygens (including phenoxy) is 1. The van der Waals surface area contributed by atoms with Gasteiger partial charge in [-0.3, -0.25) is 9.59 Å². The highest BCUT2D eigenvalue weighted by molar-refractivity contribution is 5.99. The van der Waals surface area contributed by atoms with Crippen molar-refractivity contribution in [1.29, 1.82) is 0 Å². The maximum atomic E-state index is 13.7. The Hall–Kier alpha value is -3.62. The largest absolute Gasteiger partial charge is 0.381 e. The van der Waals surface area contributed by atoms with E-state index in [4.69, 9.17) is 4.74 Å². The second kappa shape index (κ2) is 12.9. The van der Waals surface area contributed by atoms with Crippen molar-refractivity contribution in [2.24, 2.45) is 0 Å². The Morgan fingerprint density at radius 2 is 1.73 bits per heavy atom. The summed E-state index contributed by atoms with van der Waals surface area (Å²) >= 11 is 0. The number of hydrogen-bond acceptors (Lipinski definition) is 6. The molecule has 0 unspecified atom stereocenters. The van der Waals surface area contributed by atoms with Gasteiger partial charge in [-0.15, -0.1) is 0 Å². The number of aromatic amines is 1. The van der Waals surface area contributed by atoms with E-state index in [2.05, 4.69) is 62.7 Å². The van der Waals surface area contributed by atoms with Crippen LogP contribution in [0.5, 0.6) is 0 Å². The van der Waals surface area contributed by atoms with E-state index >= 15 is 0 Å². The van der Waals surface area contributed by atoms with Crippen molar-refractivity contribution in [1.82, 2.24) is 15.6 Å². The molecule has 0 bridgehead atoms. The average molecular weight is 558 g/mol. The maximum Gasteiger partial charge on any atom is 0.253 e. The highest BCUT2D eigenvalue weighted by atomic mass is 16.5. The first kappa shape index (κ1) is 28.9. The van der Waals surface area contributed by atoms with Crippen molar-refractivity contribution in [3.63, 3.8) is 0 Å². The number of carbonyl (C=O) groups excluding carboxylic acids is 1. The normalized spacial score (nSPS) is 16.0. The van der Waals surface area contributed by atoms with Crippen LogP contribution in [0.1, 0.15) is 52.5 Å². The lowest BCUT2D eigenvalue weighted by atomic mass is 9.95. The average Bonchev–Trinajstić information content (AvgIpc) is 2.99. The third-order valence-corrected chi connectivity index (χ3v) is 8.51. The van der Waals surface area contributed by atoms with Crippen molar-refractivity contribution >= 4 is 17.3 Å². The minimum Gasteiger partial charge on any atom is -0.381 e. The van der Waals surface area contributed by atoms with Gasteiger partial charge in [0.05, 0.1) is 0 Å². The number of amides is 1. The van der Waals surface area contributed by atoms with Crippen LogP contribution >= 0.6 is 0 Å². The topological polar surface area (TPSA) is 89.7 Å². The molecule has 1 aromatic heterocycles. The lowest BCUT2D eigenvalue weighted by Gasteiger charge is -2.37. The summed E-state index contributed by atoms with van der Waals surface area (Å²) in [6.07, 6.45) is 1.93. The third kappa shape index (κ3) is 6.49. The van der Waals surface area contributed by atoms with Gasteiger partial charge in [-0.25, -0.2) is 0 Å². The van der Waals surface area contributed by atoms with Crippen LogP contribution in [0.2, 0.25) is 0 Å². The van der Waals surface area contributed by atoms with E-state index in [0.717, 1.165) is 92.4 Å². The Kier molecular flexibility index (Phi) is 9.10. The molecule has 0 radical (unpaired) electrons. The molecule has 2 aliphatic heterocycles. The number of nitrogens with one attached hydrogen (secondary N) is 3. The number of rotatable bonds is 8. The Morgan fingerprint density at radius 3 is 2.39 bits per heavy atom. The molecule has 2 aliphatic rings. The SMILES string of the molecule is CCN(c1cc(-c2ccc(N3CCNCC3)cc2)cc(C(=O)NCc2c(C)cc(C)[nH]c2=O)c1C)C1CCOCC1. The summed E-state index contributed by atoms with van der Waals surface area (Å²) in [4.78, 5) is 34.0. The molecule has 2 aromatic carbocycles. The molecule has 5 rings (SSSR count). The lowest BCUT2D eigenvalue weighted by molar-refractivity contribution is 0.0846. The fourth-order valence-corrected chi connectivity index (χ4v) is 6.17. The minimum atomic E-state index is -0.176. The molecular weight excluding hydrogens is 514 g/mol. The molecule has 2 saturated heterocycles. The summed E-state index contributed by atoms with van der Waals surface area (Å²) < 4.78 is 5.65. The van der Waals surface area contributed by atoms with Crippen molar-refractivity contribution in [2.45, 2.75) is 53.1 Å². The van der Waals surface area contributed by atoms with Gasteiger partial charge in [-0.2, -0.15) is 0 Å². The van der Waals surface area contributed by atoms with Crippen LogP contribution in [-0.4, -0.2) is 62.9 Å². The molecule has 3 aromatic rings. The molecular formula is C33H43N5O3. The van der Waals surface area contributed by atoms with E-state index in [1.807, 2.05) is 32.9 Å². The Labute approximate surface area is 243 Å². The first-order valence-electron chi connectivity index (χ1n) is 14.9. The van der Waals surface area contributed by atoms with Gasteiger partial charge < -0.3 is 30.2 Å². The van der Waals surface area contributed by atoms with Crippen molar-refractivity contribution < 1.29 is 9.53 Å². The van der Waals surface area contributed by atoms with E-state index in [0.29, 0.717) is 17.2 Å². The first-order valence-corrected chi connectivity index (χ1v) is 14.9. The van der Waals surface area contributed by atoms with Gasteiger partial charge in [-0.1, -0.05) is 12.1 Å². The van der Waals surface area contributed by atoms with Gasteiger partial charge in [0.1, 0.15) is 0 Å². The second-order valence-corrected chi connectivity index (χ2v) is 11.2. The van der Waals surface area contributed by atoms with Crippen LogP contribution < -0.4 is 26.0 Å². The zero-order valence-corrected chi connectivity index (χ0v) is 24.8. The molecule has 41 heavy (non-hydrogen) atoms. The first-order chi connectivity index (χ1) is 19.9. The van der Waals surface area contributed by atoms with Crippen LogP contribution in [0.3, 0.4) is 0 Å². The van der Waals surface area contributed by atoms with Gasteiger partial charge >= 0.3 is 0 Å². The minimum absolute atomic E-state index is 0.157. The predicted molar refractivity (Wildman–Crippen MR) is 166 cm³/mol. The summed E-state index contributed by atoms with van der Waals surface area (Å²) in [5, 5.41) is 6.45. The molecule has 2 fully saturated rings. The van der Waals surface area contributed by atoms with Gasteiger partial charge in [-0.05, 0) is 93.1 Å². The van der Waals surface area contributed by atoms with Gasteiger partial charge in [0.15, 0.2) is 0 Å². The molecule has 0 spiro atoms. The Morgan fingerprint density at radius 1 is 1.02 bits per heavy atom. The number of aryl methyl sites for hydroxylation is 2. The summed E-state index contributed by atoms with van der Waals surface area (Å²) in [5.41, 5.74) is 8.08. The second-order valence-electron chi connectivity index (χ2n) is 11.2. The molecule has 8 heteroatoms. The van der Waals surface area contributed by atoms with Crippen LogP contribution in [0.4, 0.5) is 11.4 Å². The molecule has 1 amide bonds. The number of carbonyl (C=O) groups is 1. The number of nitrogens with zero attached hydrogens (tertiary/aromatic N) is 2. The highest BCUT2D eigenvalue weighted by Crippen LogP contribution is 2.34. The van der Waals surface area contributed by atoms with Gasteiger partial charge in [0.2, 0.25) is 0 Å². The van der Waals surface area contributed by atoms with Crippen LogP contribution in [0, 0.1) is 20.8 Å². The predicted octanol–water partition coefficient (Wildman–Crippen LogP) is 4.31. The number of H-pyrrole nitrogens is 1. The standard InChI is InChI=1S/C33H43N5O3/c1-5-38(28-10-16-41-17-11-28)31-20-26(25-6-8-27(9-7-25)37-14-12-34-13-15-37)19-29(24(31)4)32(39)35-21-30-22(2)18-23(3)36-33(30)40/h6-9,18-20,28,34H,5,10-17,21H2,1-4H3,(H,35,39)(H,36,40). The summed E-state index contributed by atoms with van der Waals surface area (Å²) in [6, 6.07) is 15.2. The molecule has 0 aliphatic carbocycles. The van der Waals surface area contributed by atoms with Crippen molar-refractivity contribution in [2.75, 3.05) is 55.7 Å². The maximum absolute atomic E-state index is 13.7. The van der Waals surface area contributed by atoms with Gasteiger partial charge in [0, 0.05) is 86.7 Å². The van der Waals surface area contributed by atoms with Crippen LogP contribution in [0.25, 0.3) is 11.1 Å². The molecule has 3 N–H and O–H groups in total. The van der Waals surface area contributed by atoms with E-state index in [1.54, 1.807) is 0 Å². The summed E-state index contributed by atoms with van der Waals surface area (Å²) in [6.45, 7) is 14.5. The van der Waals surface area contributed by atoms with E-state index < -0.39 is 0 Å². The van der Waals surface area contributed by atoms with Crippen LogP contribution in [-0.2, 0) is 11.3 Å². The van der Waals surface area contributed by atoms with E-state index in [1.165, 1.54) is 5.69 Å². The fraction of sp³-hybridized carbons (Fsp3) is 0.455. The number of pyridine rings is 1. The number of piperazine rings is 1. The Balaban J connectivity index is 1.49. The number of anilines is 2. The summed E-state index contributed by atoms with van der Waals surface area (Å²) in [7, 11) is 0. The molecule has 0 saturated carbocycles. The van der Waals surface area contributed by atoms with E-state index in [-0.39, 0.29) is 18.0 Å². The fourth-order valence-electron chi connectivity index (χ4n) is 6.17. The lowest BCUT2D eigenvalue weighted by Crippen LogP contribution is -2.43. The molecule has 3 heterocycles. The van der Waals surface area contributed by atoms with Crippen molar-refractivity contribution in [3.05, 3.63) is 80.8 Å². The Bertz CT molecular complexity index is 1420. The molecule has 218 valence electrons. The molecule has 8 nitrogen and oxygen atoms in total. The quantitative estimate of drug-likeness (QED) is 0.383. The van der Waals surface area contributed by atoms with Gasteiger partial charge in [0.25, 0.3) is 11.5 Å². The number of aromatic nitrogens is 1. The van der Waals surface area contributed by atoms with Crippen LogP contribution in [0.15, 0.2) is 47.3 Å². The molecule has 0 atom stereocenters. The number of benzene rings is 2. The number of hydrogen-bond donors (Lipinski definition) is 3. The smallest absolute Gasteiger partial charge is 0.253 e. The summed E-state index contributed by atoms with van der Waals surface area (Å²) in [5.74, 6) is -0.176. The zero-order chi connectivity index (χ0) is 28.9. The third-order valence-electron chi connectivity index (χ3n) is 8.51. The monoisotopic (exact) mass is 557 g/mol. The highest BCUT2D eigenvalue weighted by Gasteiger charge is 2.25. The zero-order valence-electron chi connectivity index (χ0n) is 24.8. The van der Waals surface area contributed by atoms with E-state index in [9.17, 15) is 9.59 Å². The van der Waals surface area contributed by atoms with Crippen molar-refractivity contribution in [3.8, 4) is 11.1 Å².